The third-order valence-electron chi connectivity index (χ3n) is 4.67. The van der Waals surface area contributed by atoms with Gasteiger partial charge in [0.2, 0.25) is 0 Å². The molecule has 0 bridgehead atoms. The number of methoxy groups -OCH3 is 1. The molecule has 0 fully saturated rings. The van der Waals surface area contributed by atoms with Gasteiger partial charge < -0.3 is 15.0 Å². The second kappa shape index (κ2) is 12.0. The first kappa shape index (κ1) is 23.5. The van der Waals surface area contributed by atoms with E-state index in [0.717, 1.165) is 29.1 Å². The standard InChI is InChI=1S/C26H27N5O2/c1-31(2)19-18-27-26(32)22-12-14-23(15-13-22)28-30-29-25-7-5-4-6-21(25)11-8-20-9-16-24(33-3)17-10-20/h4-7,9-10,12-17H,18-19H2,1-3H3,(H,27,32)(H,28,29). The van der Waals surface area contributed by atoms with E-state index in [1.807, 2.05) is 67.5 Å². The van der Waals surface area contributed by atoms with Crippen LogP contribution in [0.2, 0.25) is 0 Å². The molecule has 1 amide bonds. The van der Waals surface area contributed by atoms with Crippen LogP contribution in [0.15, 0.2) is 83.1 Å². The van der Waals surface area contributed by atoms with Crippen LogP contribution in [0.4, 0.5) is 11.4 Å². The highest BCUT2D eigenvalue weighted by atomic mass is 16.5. The zero-order valence-electron chi connectivity index (χ0n) is 19.0. The summed E-state index contributed by atoms with van der Waals surface area (Å²) in [4.78, 5) is 14.2. The van der Waals surface area contributed by atoms with Crippen LogP contribution in [0.5, 0.6) is 5.75 Å². The van der Waals surface area contributed by atoms with Gasteiger partial charge in [0.05, 0.1) is 18.5 Å². The van der Waals surface area contributed by atoms with Crippen molar-refractivity contribution in [3.05, 3.63) is 89.5 Å². The molecular formula is C26H27N5O2. The highest BCUT2D eigenvalue weighted by molar-refractivity contribution is 5.94. The Morgan fingerprint density at radius 3 is 2.39 bits per heavy atom. The molecule has 0 spiro atoms. The summed E-state index contributed by atoms with van der Waals surface area (Å²) in [5.41, 5.74) is 6.60. The number of likely N-dealkylation sites (N-methyl/N-ethyl adjacent to an activating group) is 1. The van der Waals surface area contributed by atoms with Gasteiger partial charge in [-0.3, -0.25) is 10.2 Å². The number of para-hydroxylation sites is 1. The molecule has 0 saturated carbocycles. The Labute approximate surface area is 194 Å². The Balaban J connectivity index is 1.60. The van der Waals surface area contributed by atoms with Crippen molar-refractivity contribution in [3.8, 4) is 17.6 Å². The largest absolute Gasteiger partial charge is 0.497 e. The zero-order valence-corrected chi connectivity index (χ0v) is 19.0. The fourth-order valence-electron chi connectivity index (χ4n) is 2.81. The van der Waals surface area contributed by atoms with Crippen molar-refractivity contribution in [1.82, 2.24) is 10.2 Å². The minimum atomic E-state index is -0.108. The van der Waals surface area contributed by atoms with Gasteiger partial charge in [0.15, 0.2) is 0 Å². The summed E-state index contributed by atoms with van der Waals surface area (Å²) >= 11 is 0. The van der Waals surface area contributed by atoms with E-state index < -0.39 is 0 Å². The van der Waals surface area contributed by atoms with Crippen LogP contribution < -0.4 is 15.5 Å². The summed E-state index contributed by atoms with van der Waals surface area (Å²) < 4.78 is 5.17. The van der Waals surface area contributed by atoms with Crippen LogP contribution in [-0.4, -0.2) is 45.1 Å². The first-order chi connectivity index (χ1) is 16.0. The molecule has 0 aliphatic carbocycles. The van der Waals surface area contributed by atoms with Crippen molar-refractivity contribution < 1.29 is 9.53 Å². The number of anilines is 1. The molecule has 0 heterocycles. The van der Waals surface area contributed by atoms with Gasteiger partial charge in [-0.05, 0) is 74.8 Å². The Bertz CT molecular complexity index is 1140. The van der Waals surface area contributed by atoms with Crippen LogP contribution in [0.3, 0.4) is 0 Å². The molecule has 0 unspecified atom stereocenters. The van der Waals surface area contributed by atoms with E-state index in [0.29, 0.717) is 17.8 Å². The van der Waals surface area contributed by atoms with E-state index in [9.17, 15) is 4.79 Å². The number of benzene rings is 3. The number of ether oxygens (including phenoxy) is 1. The van der Waals surface area contributed by atoms with Gasteiger partial charge in [0.25, 0.3) is 5.91 Å². The third-order valence-corrected chi connectivity index (χ3v) is 4.67. The minimum absolute atomic E-state index is 0.108. The van der Waals surface area contributed by atoms with Gasteiger partial charge in [0.1, 0.15) is 5.75 Å². The summed E-state index contributed by atoms with van der Waals surface area (Å²) in [5.74, 6) is 6.98. The topological polar surface area (TPSA) is 78.3 Å². The van der Waals surface area contributed by atoms with E-state index in [1.54, 1.807) is 31.4 Å². The second-order valence-corrected chi connectivity index (χ2v) is 7.44. The molecule has 7 nitrogen and oxygen atoms in total. The summed E-state index contributed by atoms with van der Waals surface area (Å²) in [6.07, 6.45) is 0. The van der Waals surface area contributed by atoms with Crippen molar-refractivity contribution in [1.29, 1.82) is 0 Å². The van der Waals surface area contributed by atoms with Crippen molar-refractivity contribution in [2.75, 3.05) is 39.7 Å². The minimum Gasteiger partial charge on any atom is -0.497 e. The monoisotopic (exact) mass is 441 g/mol. The number of rotatable bonds is 8. The molecule has 0 aromatic heterocycles. The molecule has 0 atom stereocenters. The Morgan fingerprint density at radius 2 is 1.70 bits per heavy atom. The lowest BCUT2D eigenvalue weighted by Crippen LogP contribution is -2.31. The third kappa shape index (κ3) is 7.49. The maximum atomic E-state index is 12.2. The number of nitrogens with zero attached hydrogens (tertiary/aromatic N) is 3. The fourth-order valence-corrected chi connectivity index (χ4v) is 2.81. The predicted octanol–water partition coefficient (Wildman–Crippen LogP) is 4.50. The van der Waals surface area contributed by atoms with Crippen molar-refractivity contribution in [3.63, 3.8) is 0 Å². The molecule has 0 saturated heterocycles. The van der Waals surface area contributed by atoms with Crippen LogP contribution in [0.1, 0.15) is 21.5 Å². The fraction of sp³-hybridized carbons (Fsp3) is 0.192. The number of hydrogen-bond acceptors (Lipinski definition) is 5. The van der Waals surface area contributed by atoms with Crippen molar-refractivity contribution >= 4 is 17.3 Å². The maximum Gasteiger partial charge on any atom is 0.251 e. The Morgan fingerprint density at radius 1 is 0.970 bits per heavy atom. The number of carbonyl (C=O) groups excluding carboxylic acids is 1. The van der Waals surface area contributed by atoms with Gasteiger partial charge in [-0.25, -0.2) is 0 Å². The highest BCUT2D eigenvalue weighted by Crippen LogP contribution is 2.17. The molecule has 0 aliphatic heterocycles. The van der Waals surface area contributed by atoms with Crippen LogP contribution in [0, 0.1) is 11.8 Å². The van der Waals surface area contributed by atoms with Crippen molar-refractivity contribution in [2.45, 2.75) is 0 Å². The number of hydrogen-bond donors (Lipinski definition) is 2. The maximum absolute atomic E-state index is 12.2. The first-order valence-corrected chi connectivity index (χ1v) is 10.5. The van der Waals surface area contributed by atoms with Crippen molar-refractivity contribution in [2.24, 2.45) is 10.3 Å². The molecule has 168 valence electrons. The zero-order chi connectivity index (χ0) is 23.5. The average Bonchev–Trinajstić information content (AvgIpc) is 2.84. The van der Waals surface area contributed by atoms with E-state index in [4.69, 9.17) is 4.74 Å². The first-order valence-electron chi connectivity index (χ1n) is 10.5. The van der Waals surface area contributed by atoms with E-state index in [2.05, 4.69) is 32.9 Å². The molecule has 3 aromatic rings. The summed E-state index contributed by atoms with van der Waals surface area (Å²) in [6.45, 7) is 1.38. The molecule has 0 radical (unpaired) electrons. The quantitative estimate of drug-likeness (QED) is 0.307. The van der Waals surface area contributed by atoms with Gasteiger partial charge in [0, 0.05) is 29.8 Å². The smallest absolute Gasteiger partial charge is 0.251 e. The summed E-state index contributed by atoms with van der Waals surface area (Å²) in [6, 6.07) is 22.2. The lowest BCUT2D eigenvalue weighted by atomic mass is 10.1. The SMILES string of the molecule is COc1ccc(C#Cc2ccccc2N/N=N/c2ccc(C(=O)NCCN(C)C)cc2)cc1. The van der Waals surface area contributed by atoms with Gasteiger partial charge >= 0.3 is 0 Å². The highest BCUT2D eigenvalue weighted by Gasteiger charge is 2.05. The number of nitrogens with one attached hydrogen (secondary N) is 2. The van der Waals surface area contributed by atoms with Gasteiger partial charge in [-0.1, -0.05) is 29.2 Å². The van der Waals surface area contributed by atoms with E-state index in [1.165, 1.54) is 0 Å². The number of carbonyl (C=O) groups is 1. The summed E-state index contributed by atoms with van der Waals surface area (Å²) in [7, 11) is 5.56. The molecule has 0 aliphatic rings. The normalized spacial score (nSPS) is 10.5. The second-order valence-electron chi connectivity index (χ2n) is 7.44. The molecule has 3 rings (SSSR count). The lowest BCUT2D eigenvalue weighted by molar-refractivity contribution is 0.0951. The predicted molar refractivity (Wildman–Crippen MR) is 131 cm³/mol. The van der Waals surface area contributed by atoms with Crippen LogP contribution >= 0.6 is 0 Å². The molecule has 3 aromatic carbocycles. The van der Waals surface area contributed by atoms with E-state index in [-0.39, 0.29) is 5.91 Å². The average molecular weight is 442 g/mol. The van der Waals surface area contributed by atoms with Crippen LogP contribution in [-0.2, 0) is 0 Å². The summed E-state index contributed by atoms with van der Waals surface area (Å²) in [5, 5.41) is 11.1. The molecule has 2 N–H and O–H groups in total. The number of amides is 1. The van der Waals surface area contributed by atoms with Crippen LogP contribution in [0.25, 0.3) is 0 Å². The lowest BCUT2D eigenvalue weighted by Gasteiger charge is -2.10. The van der Waals surface area contributed by atoms with E-state index >= 15 is 0 Å². The Kier molecular flexibility index (Phi) is 8.57. The van der Waals surface area contributed by atoms with Gasteiger partial charge in [-0.15, -0.1) is 5.11 Å². The molecule has 33 heavy (non-hydrogen) atoms. The Hall–Kier alpha value is -4.15. The molecular weight excluding hydrogens is 414 g/mol. The van der Waals surface area contributed by atoms with Gasteiger partial charge in [-0.2, -0.15) is 0 Å². The molecule has 7 heteroatoms.